The summed E-state index contributed by atoms with van der Waals surface area (Å²) >= 11 is 0. The van der Waals surface area contributed by atoms with Crippen LogP contribution in [0.5, 0.6) is 0 Å². The zero-order valence-corrected chi connectivity index (χ0v) is 13.4. The highest BCUT2D eigenvalue weighted by molar-refractivity contribution is 5.93. The van der Waals surface area contributed by atoms with Crippen molar-refractivity contribution in [3.63, 3.8) is 0 Å². The van der Waals surface area contributed by atoms with Gasteiger partial charge in [0.1, 0.15) is 0 Å². The fourth-order valence-corrected chi connectivity index (χ4v) is 4.05. The molecule has 116 valence electrons. The molecule has 0 amide bonds. The normalized spacial score (nSPS) is 26.2. The lowest BCUT2D eigenvalue weighted by molar-refractivity contribution is 0.0971. The molecular formula is C18H24N4. The van der Waals surface area contributed by atoms with Crippen molar-refractivity contribution in [2.75, 3.05) is 37.6 Å². The predicted molar refractivity (Wildman–Crippen MR) is 91.5 cm³/mol. The summed E-state index contributed by atoms with van der Waals surface area (Å²) in [5.74, 6) is 0. The molecule has 0 radical (unpaired) electrons. The number of nitrogens with zero attached hydrogens (tertiary/aromatic N) is 3. The molecule has 2 atom stereocenters. The molecule has 4 nitrogen and oxygen atoms in total. The summed E-state index contributed by atoms with van der Waals surface area (Å²) in [6.45, 7) is 10.1. The lowest BCUT2D eigenvalue weighted by atomic mass is 10.0. The first-order valence-corrected chi connectivity index (χ1v) is 8.30. The van der Waals surface area contributed by atoms with Crippen molar-refractivity contribution in [3.05, 3.63) is 36.0 Å². The molecule has 3 heterocycles. The third kappa shape index (κ3) is 2.27. The van der Waals surface area contributed by atoms with Crippen LogP contribution in [0.2, 0.25) is 0 Å². The quantitative estimate of drug-likeness (QED) is 0.872. The standard InChI is InChI=1S/C18H24N4/c1-13-5-6-17(16-4-3-7-20-18(13)16)21-11-14(2)22-9-8-19-10-15(22)12-21/h3-7,14-15,19H,8-12H2,1-2H3/t14-,15?/m1/s1. The predicted octanol–water partition coefficient (Wildman–Crippen LogP) is 2.03. The van der Waals surface area contributed by atoms with Crippen LogP contribution in [-0.4, -0.2) is 54.7 Å². The van der Waals surface area contributed by atoms with Crippen molar-refractivity contribution >= 4 is 16.6 Å². The highest BCUT2D eigenvalue weighted by Crippen LogP contribution is 2.31. The number of benzene rings is 1. The average Bonchev–Trinajstić information content (AvgIpc) is 2.55. The summed E-state index contributed by atoms with van der Waals surface area (Å²) in [6.07, 6.45) is 1.89. The molecule has 2 fully saturated rings. The van der Waals surface area contributed by atoms with E-state index in [0.717, 1.165) is 31.7 Å². The highest BCUT2D eigenvalue weighted by Gasteiger charge is 2.34. The molecule has 22 heavy (non-hydrogen) atoms. The van der Waals surface area contributed by atoms with E-state index in [1.807, 2.05) is 12.3 Å². The molecule has 4 rings (SSSR count). The summed E-state index contributed by atoms with van der Waals surface area (Å²) in [6, 6.07) is 9.96. The van der Waals surface area contributed by atoms with Gasteiger partial charge >= 0.3 is 0 Å². The fraction of sp³-hybridized carbons (Fsp3) is 0.500. The molecule has 2 aliphatic heterocycles. The van der Waals surface area contributed by atoms with Gasteiger partial charge in [-0.25, -0.2) is 0 Å². The minimum atomic E-state index is 0.605. The molecule has 0 aliphatic carbocycles. The van der Waals surface area contributed by atoms with E-state index in [1.54, 1.807) is 0 Å². The Morgan fingerprint density at radius 2 is 2.14 bits per heavy atom. The Balaban J connectivity index is 1.72. The van der Waals surface area contributed by atoms with Crippen LogP contribution in [0.4, 0.5) is 5.69 Å². The van der Waals surface area contributed by atoms with Gasteiger partial charge in [0, 0.05) is 62.1 Å². The largest absolute Gasteiger partial charge is 0.368 e. The van der Waals surface area contributed by atoms with Crippen molar-refractivity contribution < 1.29 is 0 Å². The van der Waals surface area contributed by atoms with E-state index < -0.39 is 0 Å². The molecule has 2 aromatic rings. The Kier molecular flexibility index (Phi) is 3.51. The van der Waals surface area contributed by atoms with Crippen LogP contribution in [-0.2, 0) is 0 Å². The first kappa shape index (κ1) is 14.0. The second-order valence-electron chi connectivity index (χ2n) is 6.65. The molecule has 1 aromatic carbocycles. The molecule has 1 unspecified atom stereocenters. The number of hydrogen-bond acceptors (Lipinski definition) is 4. The number of anilines is 1. The van der Waals surface area contributed by atoms with E-state index in [-0.39, 0.29) is 0 Å². The third-order valence-electron chi connectivity index (χ3n) is 5.17. The van der Waals surface area contributed by atoms with Gasteiger partial charge in [-0.3, -0.25) is 9.88 Å². The van der Waals surface area contributed by atoms with Crippen LogP contribution in [0, 0.1) is 6.92 Å². The number of piperazine rings is 2. The molecule has 0 saturated carbocycles. The minimum Gasteiger partial charge on any atom is -0.368 e. The van der Waals surface area contributed by atoms with Gasteiger partial charge in [-0.2, -0.15) is 0 Å². The van der Waals surface area contributed by atoms with Crippen LogP contribution in [0.1, 0.15) is 12.5 Å². The second kappa shape index (κ2) is 5.52. The molecule has 2 aliphatic rings. The van der Waals surface area contributed by atoms with Crippen LogP contribution in [0.25, 0.3) is 10.9 Å². The fourth-order valence-electron chi connectivity index (χ4n) is 4.05. The van der Waals surface area contributed by atoms with Crippen molar-refractivity contribution in [2.24, 2.45) is 0 Å². The number of aryl methyl sites for hydroxylation is 1. The Morgan fingerprint density at radius 3 is 3.05 bits per heavy atom. The molecule has 0 bridgehead atoms. The molecule has 0 spiro atoms. The van der Waals surface area contributed by atoms with Crippen molar-refractivity contribution in [3.8, 4) is 0 Å². The Labute approximate surface area is 132 Å². The van der Waals surface area contributed by atoms with Gasteiger partial charge < -0.3 is 10.2 Å². The first-order valence-electron chi connectivity index (χ1n) is 8.30. The molecule has 2 saturated heterocycles. The number of hydrogen-bond donors (Lipinski definition) is 1. The van der Waals surface area contributed by atoms with Gasteiger partial charge in [0.25, 0.3) is 0 Å². The second-order valence-corrected chi connectivity index (χ2v) is 6.65. The monoisotopic (exact) mass is 296 g/mol. The number of aromatic nitrogens is 1. The Hall–Kier alpha value is -1.65. The van der Waals surface area contributed by atoms with Crippen molar-refractivity contribution in [1.82, 2.24) is 15.2 Å². The summed E-state index contributed by atoms with van der Waals surface area (Å²) < 4.78 is 0. The Morgan fingerprint density at radius 1 is 1.23 bits per heavy atom. The zero-order valence-electron chi connectivity index (χ0n) is 13.4. The van der Waals surface area contributed by atoms with Gasteiger partial charge in [-0.1, -0.05) is 6.07 Å². The molecule has 4 heteroatoms. The van der Waals surface area contributed by atoms with E-state index >= 15 is 0 Å². The van der Waals surface area contributed by atoms with E-state index in [2.05, 4.69) is 52.1 Å². The van der Waals surface area contributed by atoms with Gasteiger partial charge in [0.15, 0.2) is 0 Å². The van der Waals surface area contributed by atoms with Crippen LogP contribution < -0.4 is 10.2 Å². The molecule has 1 aromatic heterocycles. The first-order chi connectivity index (χ1) is 10.7. The summed E-state index contributed by atoms with van der Waals surface area (Å²) in [5, 5.41) is 4.83. The van der Waals surface area contributed by atoms with Gasteiger partial charge in [0.2, 0.25) is 0 Å². The van der Waals surface area contributed by atoms with Gasteiger partial charge in [0.05, 0.1) is 5.52 Å². The lowest BCUT2D eigenvalue weighted by Crippen LogP contribution is -2.64. The van der Waals surface area contributed by atoms with E-state index in [1.165, 1.54) is 23.2 Å². The van der Waals surface area contributed by atoms with Crippen LogP contribution >= 0.6 is 0 Å². The minimum absolute atomic E-state index is 0.605. The topological polar surface area (TPSA) is 31.4 Å². The molecule has 1 N–H and O–H groups in total. The smallest absolute Gasteiger partial charge is 0.0751 e. The van der Waals surface area contributed by atoms with E-state index in [0.29, 0.717) is 12.1 Å². The van der Waals surface area contributed by atoms with Gasteiger partial charge in [-0.15, -0.1) is 0 Å². The van der Waals surface area contributed by atoms with E-state index in [9.17, 15) is 0 Å². The summed E-state index contributed by atoms with van der Waals surface area (Å²) in [4.78, 5) is 9.81. The van der Waals surface area contributed by atoms with Crippen molar-refractivity contribution in [2.45, 2.75) is 25.9 Å². The summed E-state index contributed by atoms with van der Waals surface area (Å²) in [5.41, 5.74) is 3.73. The maximum Gasteiger partial charge on any atom is 0.0751 e. The van der Waals surface area contributed by atoms with Crippen LogP contribution in [0.3, 0.4) is 0 Å². The number of nitrogens with one attached hydrogen (secondary N) is 1. The number of pyridine rings is 1. The van der Waals surface area contributed by atoms with Crippen LogP contribution in [0.15, 0.2) is 30.5 Å². The zero-order chi connectivity index (χ0) is 15.1. The van der Waals surface area contributed by atoms with Gasteiger partial charge in [-0.05, 0) is 37.6 Å². The maximum absolute atomic E-state index is 4.59. The van der Waals surface area contributed by atoms with E-state index in [4.69, 9.17) is 0 Å². The summed E-state index contributed by atoms with van der Waals surface area (Å²) in [7, 11) is 0. The molecular weight excluding hydrogens is 272 g/mol. The number of fused-ring (bicyclic) bond motifs is 2. The third-order valence-corrected chi connectivity index (χ3v) is 5.17. The lowest BCUT2D eigenvalue weighted by Gasteiger charge is -2.49. The SMILES string of the molecule is Cc1ccc(N2CC3CNCCN3[C@H](C)C2)c2cccnc12. The van der Waals surface area contributed by atoms with Crippen molar-refractivity contribution in [1.29, 1.82) is 0 Å². The Bertz CT molecular complexity index is 684. The maximum atomic E-state index is 4.59. The highest BCUT2D eigenvalue weighted by atomic mass is 15.3. The number of rotatable bonds is 1. The average molecular weight is 296 g/mol.